The van der Waals surface area contributed by atoms with Crippen LogP contribution in [0.2, 0.25) is 0 Å². The SMILES string of the molecule is COc1ccc2[nH]cc(C[C@H]3CCCN3C3CCC3)c2c1. The molecule has 0 radical (unpaired) electrons. The van der Waals surface area contributed by atoms with Crippen molar-refractivity contribution in [2.45, 2.75) is 50.6 Å². The fourth-order valence-corrected chi connectivity index (χ4v) is 3.98. The van der Waals surface area contributed by atoms with Crippen LogP contribution in [0.5, 0.6) is 5.75 Å². The highest BCUT2D eigenvalue weighted by molar-refractivity contribution is 5.84. The van der Waals surface area contributed by atoms with E-state index in [4.69, 9.17) is 4.74 Å². The predicted molar refractivity (Wildman–Crippen MR) is 85.9 cm³/mol. The third-order valence-electron chi connectivity index (χ3n) is 5.40. The van der Waals surface area contributed by atoms with Crippen molar-refractivity contribution in [2.24, 2.45) is 0 Å². The number of hydrogen-bond donors (Lipinski definition) is 1. The molecule has 21 heavy (non-hydrogen) atoms. The van der Waals surface area contributed by atoms with Crippen LogP contribution in [0.3, 0.4) is 0 Å². The Bertz CT molecular complexity index is 629. The van der Waals surface area contributed by atoms with E-state index in [2.05, 4.69) is 28.2 Å². The summed E-state index contributed by atoms with van der Waals surface area (Å²) in [5.41, 5.74) is 2.67. The van der Waals surface area contributed by atoms with Crippen LogP contribution in [-0.2, 0) is 6.42 Å². The molecule has 1 saturated heterocycles. The Morgan fingerprint density at radius 1 is 1.24 bits per heavy atom. The molecule has 1 aromatic carbocycles. The lowest BCUT2D eigenvalue weighted by atomic mass is 9.90. The van der Waals surface area contributed by atoms with E-state index in [0.29, 0.717) is 0 Å². The number of nitrogens with one attached hydrogen (secondary N) is 1. The molecule has 1 atom stereocenters. The summed E-state index contributed by atoms with van der Waals surface area (Å²) >= 11 is 0. The first-order valence-electron chi connectivity index (χ1n) is 8.25. The van der Waals surface area contributed by atoms with E-state index in [0.717, 1.165) is 17.8 Å². The Morgan fingerprint density at radius 3 is 2.90 bits per heavy atom. The summed E-state index contributed by atoms with van der Waals surface area (Å²) in [6.45, 7) is 1.31. The predicted octanol–water partition coefficient (Wildman–Crippen LogP) is 3.74. The summed E-state index contributed by atoms with van der Waals surface area (Å²) in [6.07, 6.45) is 10.3. The summed E-state index contributed by atoms with van der Waals surface area (Å²) in [5, 5.41) is 1.33. The highest BCUT2D eigenvalue weighted by atomic mass is 16.5. The summed E-state index contributed by atoms with van der Waals surface area (Å²) in [5.74, 6) is 0.950. The number of ether oxygens (including phenoxy) is 1. The van der Waals surface area contributed by atoms with E-state index in [1.807, 2.05) is 6.07 Å². The number of aromatic nitrogens is 1. The number of H-pyrrole nitrogens is 1. The topological polar surface area (TPSA) is 28.3 Å². The second-order valence-corrected chi connectivity index (χ2v) is 6.55. The van der Waals surface area contributed by atoms with Gasteiger partial charge in [0, 0.05) is 29.2 Å². The minimum atomic E-state index is 0.737. The van der Waals surface area contributed by atoms with E-state index >= 15 is 0 Å². The molecule has 3 nitrogen and oxygen atoms in total. The number of fused-ring (bicyclic) bond motifs is 1. The van der Waals surface area contributed by atoms with Crippen LogP contribution in [0.25, 0.3) is 10.9 Å². The van der Waals surface area contributed by atoms with E-state index in [-0.39, 0.29) is 0 Å². The summed E-state index contributed by atoms with van der Waals surface area (Å²) < 4.78 is 5.38. The molecule has 4 rings (SSSR count). The number of likely N-dealkylation sites (tertiary alicyclic amines) is 1. The molecule has 0 unspecified atom stereocenters. The molecule has 0 spiro atoms. The molecule has 1 aromatic heterocycles. The standard InChI is InChI=1S/C18H24N2O/c1-21-16-7-8-18-17(11-16)13(12-19-18)10-15-6-3-9-20(15)14-4-2-5-14/h7-8,11-12,14-15,19H,2-6,9-10H2,1H3/t15-/m1/s1. The van der Waals surface area contributed by atoms with Crippen LogP contribution in [0, 0.1) is 0 Å². The molecule has 0 amide bonds. The average Bonchev–Trinajstić information content (AvgIpc) is 3.05. The summed E-state index contributed by atoms with van der Waals surface area (Å²) in [4.78, 5) is 6.19. The van der Waals surface area contributed by atoms with Gasteiger partial charge in [-0.2, -0.15) is 0 Å². The normalized spacial score (nSPS) is 23.6. The van der Waals surface area contributed by atoms with Gasteiger partial charge in [0.15, 0.2) is 0 Å². The Kier molecular flexibility index (Phi) is 3.38. The van der Waals surface area contributed by atoms with Gasteiger partial charge >= 0.3 is 0 Å². The zero-order valence-corrected chi connectivity index (χ0v) is 12.8. The summed E-state index contributed by atoms with van der Waals surface area (Å²) in [7, 11) is 1.74. The molecule has 2 aromatic rings. The van der Waals surface area contributed by atoms with Crippen LogP contribution in [0.1, 0.15) is 37.7 Å². The molecular formula is C18H24N2O. The smallest absolute Gasteiger partial charge is 0.119 e. The molecule has 1 aliphatic heterocycles. The molecule has 1 N–H and O–H groups in total. The number of aromatic amines is 1. The third kappa shape index (κ3) is 2.34. The molecule has 112 valence electrons. The van der Waals surface area contributed by atoms with Gasteiger partial charge in [0.1, 0.15) is 5.75 Å². The minimum absolute atomic E-state index is 0.737. The molecular weight excluding hydrogens is 260 g/mol. The molecule has 1 aliphatic carbocycles. The second-order valence-electron chi connectivity index (χ2n) is 6.55. The average molecular weight is 284 g/mol. The van der Waals surface area contributed by atoms with Crippen molar-refractivity contribution in [1.29, 1.82) is 0 Å². The van der Waals surface area contributed by atoms with E-state index in [9.17, 15) is 0 Å². The fourth-order valence-electron chi connectivity index (χ4n) is 3.98. The largest absolute Gasteiger partial charge is 0.497 e. The zero-order chi connectivity index (χ0) is 14.2. The van der Waals surface area contributed by atoms with Crippen molar-refractivity contribution in [3.05, 3.63) is 30.0 Å². The highest BCUT2D eigenvalue weighted by Gasteiger charge is 2.33. The van der Waals surface area contributed by atoms with E-state index in [1.54, 1.807) is 7.11 Å². The minimum Gasteiger partial charge on any atom is -0.497 e. The molecule has 2 fully saturated rings. The van der Waals surface area contributed by atoms with Crippen molar-refractivity contribution in [2.75, 3.05) is 13.7 Å². The molecule has 1 saturated carbocycles. The van der Waals surface area contributed by atoms with E-state index < -0.39 is 0 Å². The van der Waals surface area contributed by atoms with Gasteiger partial charge in [-0.15, -0.1) is 0 Å². The molecule has 2 heterocycles. The number of hydrogen-bond acceptors (Lipinski definition) is 2. The van der Waals surface area contributed by atoms with Gasteiger partial charge in [-0.05, 0) is 62.4 Å². The first-order chi connectivity index (χ1) is 10.3. The fraction of sp³-hybridized carbons (Fsp3) is 0.556. The quantitative estimate of drug-likeness (QED) is 0.926. The van der Waals surface area contributed by atoms with Crippen LogP contribution in [0.4, 0.5) is 0 Å². The van der Waals surface area contributed by atoms with Crippen LogP contribution >= 0.6 is 0 Å². The van der Waals surface area contributed by atoms with Crippen LogP contribution < -0.4 is 4.74 Å². The maximum absolute atomic E-state index is 5.38. The first kappa shape index (κ1) is 13.2. The Hall–Kier alpha value is -1.48. The number of methoxy groups -OCH3 is 1. The van der Waals surface area contributed by atoms with Gasteiger partial charge in [-0.1, -0.05) is 6.42 Å². The lowest BCUT2D eigenvalue weighted by Crippen LogP contribution is -2.43. The van der Waals surface area contributed by atoms with Gasteiger partial charge < -0.3 is 9.72 Å². The van der Waals surface area contributed by atoms with Gasteiger partial charge in [0.2, 0.25) is 0 Å². The van der Waals surface area contributed by atoms with Crippen molar-refractivity contribution in [1.82, 2.24) is 9.88 Å². The third-order valence-corrected chi connectivity index (χ3v) is 5.40. The lowest BCUT2D eigenvalue weighted by Gasteiger charge is -2.38. The van der Waals surface area contributed by atoms with Gasteiger partial charge in [-0.25, -0.2) is 0 Å². The van der Waals surface area contributed by atoms with Gasteiger partial charge in [0.25, 0.3) is 0 Å². The zero-order valence-electron chi connectivity index (χ0n) is 12.8. The van der Waals surface area contributed by atoms with Crippen LogP contribution in [-0.4, -0.2) is 35.6 Å². The van der Waals surface area contributed by atoms with Crippen LogP contribution in [0.15, 0.2) is 24.4 Å². The lowest BCUT2D eigenvalue weighted by molar-refractivity contribution is 0.114. The maximum Gasteiger partial charge on any atom is 0.119 e. The highest BCUT2D eigenvalue weighted by Crippen LogP contribution is 2.34. The van der Waals surface area contributed by atoms with Gasteiger partial charge in [0.05, 0.1) is 7.11 Å². The molecule has 3 heteroatoms. The number of nitrogens with zero attached hydrogens (tertiary/aromatic N) is 1. The monoisotopic (exact) mass is 284 g/mol. The molecule has 2 aliphatic rings. The Morgan fingerprint density at radius 2 is 2.14 bits per heavy atom. The van der Waals surface area contributed by atoms with Crippen molar-refractivity contribution in [3.63, 3.8) is 0 Å². The Labute approximate surface area is 126 Å². The maximum atomic E-state index is 5.38. The van der Waals surface area contributed by atoms with Crippen molar-refractivity contribution < 1.29 is 4.74 Å². The van der Waals surface area contributed by atoms with E-state index in [1.165, 1.54) is 61.5 Å². The number of rotatable bonds is 4. The number of benzene rings is 1. The Balaban J connectivity index is 1.58. The van der Waals surface area contributed by atoms with Gasteiger partial charge in [-0.3, -0.25) is 4.90 Å². The van der Waals surface area contributed by atoms with Crippen molar-refractivity contribution >= 4 is 10.9 Å². The first-order valence-corrected chi connectivity index (χ1v) is 8.25. The van der Waals surface area contributed by atoms with Crippen molar-refractivity contribution in [3.8, 4) is 5.75 Å². The second kappa shape index (κ2) is 5.38. The summed E-state index contributed by atoms with van der Waals surface area (Å²) in [6, 6.07) is 7.93. The molecule has 0 bridgehead atoms.